The Balaban J connectivity index is 1.10. The normalized spacial score (nSPS) is 12.5. The average Bonchev–Trinajstić information content (AvgIpc) is 3.96. The van der Waals surface area contributed by atoms with Crippen LogP contribution in [0.4, 0.5) is 0 Å². The monoisotopic (exact) mass is 671 g/mol. The second-order valence-corrected chi connectivity index (χ2v) is 13.7. The van der Waals surface area contributed by atoms with Crippen molar-refractivity contribution in [2.75, 3.05) is 0 Å². The number of fused-ring (bicyclic) bond motifs is 15. The topological polar surface area (TPSA) is 74.2 Å². The maximum Gasteiger partial charge on any atom is 0.282 e. The summed E-state index contributed by atoms with van der Waals surface area (Å²) in [6, 6.07) is 45.0. The van der Waals surface area contributed by atoms with E-state index >= 15 is 0 Å². The number of aryl methyl sites for hydroxylation is 1. The summed E-state index contributed by atoms with van der Waals surface area (Å²) in [6.45, 7) is 2.00. The maximum absolute atomic E-state index is 14.2. The zero-order chi connectivity index (χ0) is 34.4. The highest BCUT2D eigenvalue weighted by Gasteiger charge is 2.24. The zero-order valence-electron chi connectivity index (χ0n) is 27.7. The standard InChI is InChI=1S/C45H25N3O4/c1-24-20-26(21-35-41(24)47-42-34(44(49)48(47)45(35)50)19-18-33-31-10-4-7-13-39(31)52-43(33)42)25-14-16-29-28-8-2-5-11-36(28)46(37(29)22-25)27-15-17-32-30-9-3-6-12-38(30)51-40(32)23-27/h2-23H,1H3. The van der Waals surface area contributed by atoms with Crippen LogP contribution in [-0.2, 0) is 0 Å². The van der Waals surface area contributed by atoms with Crippen LogP contribution in [0.15, 0.2) is 152 Å². The Hall–Kier alpha value is -7.12. The summed E-state index contributed by atoms with van der Waals surface area (Å²) in [7, 11) is 0. The Morgan fingerprint density at radius 3 is 1.92 bits per heavy atom. The van der Waals surface area contributed by atoms with Crippen LogP contribution in [0.25, 0.3) is 104 Å². The van der Waals surface area contributed by atoms with Gasteiger partial charge in [-0.15, -0.1) is 0 Å². The van der Waals surface area contributed by atoms with E-state index in [-0.39, 0.29) is 11.1 Å². The van der Waals surface area contributed by atoms with Crippen LogP contribution in [0.2, 0.25) is 0 Å². The minimum absolute atomic E-state index is 0.347. The Morgan fingerprint density at radius 2 is 1.08 bits per heavy atom. The highest BCUT2D eigenvalue weighted by atomic mass is 16.3. The van der Waals surface area contributed by atoms with Gasteiger partial charge in [-0.2, -0.15) is 4.52 Å². The summed E-state index contributed by atoms with van der Waals surface area (Å²) < 4.78 is 17.9. The van der Waals surface area contributed by atoms with Crippen molar-refractivity contribution < 1.29 is 8.83 Å². The molecule has 5 heterocycles. The third-order valence-corrected chi connectivity index (χ3v) is 10.9. The molecule has 0 saturated carbocycles. The molecule has 244 valence electrons. The van der Waals surface area contributed by atoms with Crippen molar-refractivity contribution >= 4 is 87.5 Å². The molecular formula is C45H25N3O4. The molecular weight excluding hydrogens is 647 g/mol. The molecule has 0 spiro atoms. The van der Waals surface area contributed by atoms with Crippen LogP contribution < -0.4 is 11.1 Å². The summed E-state index contributed by atoms with van der Waals surface area (Å²) in [4.78, 5) is 28.0. The van der Waals surface area contributed by atoms with Gasteiger partial charge in [0.25, 0.3) is 11.1 Å². The Kier molecular flexibility index (Phi) is 5.09. The van der Waals surface area contributed by atoms with E-state index in [1.54, 1.807) is 10.6 Å². The number of hydrogen-bond acceptors (Lipinski definition) is 4. The van der Waals surface area contributed by atoms with Gasteiger partial charge in [-0.05, 0) is 84.3 Å². The molecule has 7 nitrogen and oxygen atoms in total. The van der Waals surface area contributed by atoms with E-state index in [0.717, 1.165) is 82.5 Å². The van der Waals surface area contributed by atoms with Crippen molar-refractivity contribution in [2.45, 2.75) is 6.92 Å². The molecule has 12 rings (SSSR count). The number of aromatic nitrogens is 3. The highest BCUT2D eigenvalue weighted by molar-refractivity contribution is 6.15. The van der Waals surface area contributed by atoms with Crippen LogP contribution >= 0.6 is 0 Å². The number of rotatable bonds is 2. The summed E-state index contributed by atoms with van der Waals surface area (Å²) in [5.41, 5.74) is 9.51. The molecule has 0 amide bonds. The van der Waals surface area contributed by atoms with Crippen molar-refractivity contribution in [3.63, 3.8) is 0 Å². The van der Waals surface area contributed by atoms with E-state index in [1.165, 1.54) is 4.52 Å². The van der Waals surface area contributed by atoms with E-state index in [4.69, 9.17) is 8.83 Å². The molecule has 0 N–H and O–H groups in total. The second-order valence-electron chi connectivity index (χ2n) is 13.7. The van der Waals surface area contributed by atoms with E-state index < -0.39 is 0 Å². The van der Waals surface area contributed by atoms with Crippen LogP contribution in [0.5, 0.6) is 0 Å². The number of para-hydroxylation sites is 3. The number of furan rings is 2. The predicted molar refractivity (Wildman–Crippen MR) is 209 cm³/mol. The van der Waals surface area contributed by atoms with Gasteiger partial charge in [-0.1, -0.05) is 66.7 Å². The van der Waals surface area contributed by atoms with Gasteiger partial charge >= 0.3 is 0 Å². The molecule has 12 aromatic rings. The fourth-order valence-corrected chi connectivity index (χ4v) is 8.64. The van der Waals surface area contributed by atoms with Crippen molar-refractivity contribution in [1.82, 2.24) is 13.6 Å². The van der Waals surface area contributed by atoms with Crippen LogP contribution in [0.3, 0.4) is 0 Å². The largest absolute Gasteiger partial charge is 0.456 e. The molecule has 0 radical (unpaired) electrons. The van der Waals surface area contributed by atoms with Gasteiger partial charge in [0.15, 0.2) is 5.58 Å². The molecule has 7 heteroatoms. The lowest BCUT2D eigenvalue weighted by atomic mass is 9.99. The summed E-state index contributed by atoms with van der Waals surface area (Å²) in [5.74, 6) is 0. The quantitative estimate of drug-likeness (QED) is 0.183. The van der Waals surface area contributed by atoms with Crippen LogP contribution in [0, 0.1) is 6.92 Å². The molecule has 0 saturated heterocycles. The average molecular weight is 672 g/mol. The highest BCUT2D eigenvalue weighted by Crippen LogP contribution is 2.39. The Bertz CT molecular complexity index is 3650. The Labute approximate surface area is 292 Å². The summed E-state index contributed by atoms with van der Waals surface area (Å²) >= 11 is 0. The van der Waals surface area contributed by atoms with Gasteiger partial charge in [0.05, 0.1) is 27.3 Å². The fraction of sp³-hybridized carbons (Fsp3) is 0.0222. The summed E-state index contributed by atoms with van der Waals surface area (Å²) in [5, 5.41) is 7.26. The minimum Gasteiger partial charge on any atom is -0.456 e. The number of nitrogens with zero attached hydrogens (tertiary/aromatic N) is 3. The van der Waals surface area contributed by atoms with Crippen molar-refractivity contribution in [2.24, 2.45) is 0 Å². The fourth-order valence-electron chi connectivity index (χ4n) is 8.64. The lowest BCUT2D eigenvalue weighted by Crippen LogP contribution is -2.21. The van der Waals surface area contributed by atoms with Crippen molar-refractivity contribution in [1.29, 1.82) is 0 Å². The molecule has 0 unspecified atom stereocenters. The molecule has 52 heavy (non-hydrogen) atoms. The van der Waals surface area contributed by atoms with E-state index in [9.17, 15) is 9.59 Å². The first-order valence-electron chi connectivity index (χ1n) is 17.3. The van der Waals surface area contributed by atoms with Gasteiger partial charge in [-0.25, -0.2) is 4.52 Å². The van der Waals surface area contributed by atoms with Gasteiger partial charge in [0, 0.05) is 44.1 Å². The van der Waals surface area contributed by atoms with Crippen molar-refractivity contribution in [3.8, 4) is 16.8 Å². The molecule has 0 aliphatic heterocycles. The van der Waals surface area contributed by atoms with E-state index in [0.29, 0.717) is 27.4 Å². The van der Waals surface area contributed by atoms with Crippen LogP contribution in [-0.4, -0.2) is 13.6 Å². The molecule has 0 atom stereocenters. The second kappa shape index (κ2) is 9.56. The first-order valence-corrected chi connectivity index (χ1v) is 17.3. The smallest absolute Gasteiger partial charge is 0.282 e. The van der Waals surface area contributed by atoms with Crippen LogP contribution in [0.1, 0.15) is 5.56 Å². The van der Waals surface area contributed by atoms with Gasteiger partial charge in [-0.3, -0.25) is 9.59 Å². The van der Waals surface area contributed by atoms with E-state index in [1.807, 2.05) is 61.5 Å². The molecule has 0 aliphatic carbocycles. The number of benzene rings is 7. The SMILES string of the molecule is Cc1cc(-c2ccc3c4ccccc4n(-c4ccc5c(c4)oc4ccccc45)c3c2)cc2c(=O)n3c(=O)c4ccc5c6ccccc6oc5c4n3c12. The third-order valence-electron chi connectivity index (χ3n) is 10.9. The third kappa shape index (κ3) is 3.39. The Morgan fingerprint density at radius 1 is 0.442 bits per heavy atom. The van der Waals surface area contributed by atoms with Gasteiger partial charge in [0.1, 0.15) is 22.3 Å². The molecule has 0 aliphatic rings. The minimum atomic E-state index is -0.355. The molecule has 0 fully saturated rings. The lowest BCUT2D eigenvalue weighted by molar-refractivity contribution is 0.668. The van der Waals surface area contributed by atoms with Gasteiger partial charge in [0.2, 0.25) is 0 Å². The molecule has 7 aromatic carbocycles. The van der Waals surface area contributed by atoms with Gasteiger partial charge < -0.3 is 13.4 Å². The zero-order valence-corrected chi connectivity index (χ0v) is 27.7. The first-order chi connectivity index (χ1) is 25.5. The molecule has 0 bridgehead atoms. The lowest BCUT2D eigenvalue weighted by Gasteiger charge is -2.10. The number of hydrogen-bond donors (Lipinski definition) is 0. The first kappa shape index (κ1) is 27.7. The summed E-state index contributed by atoms with van der Waals surface area (Å²) in [6.07, 6.45) is 0. The molecule has 5 aromatic heterocycles. The predicted octanol–water partition coefficient (Wildman–Crippen LogP) is 10.4. The maximum atomic E-state index is 14.2. The van der Waals surface area contributed by atoms with E-state index in [2.05, 4.69) is 77.4 Å². The van der Waals surface area contributed by atoms with Crippen molar-refractivity contribution in [3.05, 3.63) is 160 Å².